The van der Waals surface area contributed by atoms with Crippen molar-refractivity contribution in [2.24, 2.45) is 4.99 Å². The molecule has 0 radical (unpaired) electrons. The number of benzene rings is 4. The molecule has 4 aromatic carbocycles. The Kier molecular flexibility index (Phi) is 7.73. The summed E-state index contributed by atoms with van der Waals surface area (Å²) in [6.07, 6.45) is 1.74. The standard InChI is InChI=1S/C37H43NO2/c1-24-19-25(33(39)31(20-24)37(8,9)26-15-11-10-12-16-26)23-38-32-18-14-13-17-28(32)29-21-27(35(2,3)4)22-30(34(29)40)36(5,6)7/h10-23,39-40H,1-9H3. The Bertz CT molecular complexity index is 1550. The Hall–Kier alpha value is -3.85. The third-order valence-corrected chi connectivity index (χ3v) is 7.77. The van der Waals surface area contributed by atoms with Gasteiger partial charge in [0.25, 0.3) is 0 Å². The molecule has 0 spiro atoms. The second-order valence-corrected chi connectivity index (χ2v) is 13.4. The van der Waals surface area contributed by atoms with E-state index in [0.29, 0.717) is 5.56 Å². The Morgan fingerprint density at radius 1 is 0.600 bits per heavy atom. The number of hydrogen-bond donors (Lipinski definition) is 2. The van der Waals surface area contributed by atoms with Crippen LogP contribution in [-0.4, -0.2) is 16.4 Å². The van der Waals surface area contributed by atoms with Gasteiger partial charge in [0.1, 0.15) is 11.5 Å². The molecular weight excluding hydrogens is 490 g/mol. The molecule has 0 atom stereocenters. The second kappa shape index (κ2) is 10.6. The minimum Gasteiger partial charge on any atom is -0.507 e. The van der Waals surface area contributed by atoms with Crippen molar-refractivity contribution in [2.45, 2.75) is 78.6 Å². The molecule has 208 valence electrons. The van der Waals surface area contributed by atoms with Crippen LogP contribution < -0.4 is 0 Å². The van der Waals surface area contributed by atoms with E-state index in [0.717, 1.165) is 44.6 Å². The molecule has 0 heterocycles. The highest BCUT2D eigenvalue weighted by Gasteiger charge is 2.28. The predicted molar refractivity (Wildman–Crippen MR) is 170 cm³/mol. The molecular formula is C37H43NO2. The molecule has 2 N–H and O–H groups in total. The molecule has 0 amide bonds. The Balaban J connectivity index is 1.85. The Morgan fingerprint density at radius 3 is 1.85 bits per heavy atom. The van der Waals surface area contributed by atoms with Crippen molar-refractivity contribution in [2.75, 3.05) is 0 Å². The number of rotatable bonds is 5. The minimum absolute atomic E-state index is 0.0873. The first kappa shape index (κ1) is 29.1. The highest BCUT2D eigenvalue weighted by atomic mass is 16.3. The number of aliphatic imine (C=N–C) groups is 1. The van der Waals surface area contributed by atoms with Gasteiger partial charge in [-0.2, -0.15) is 0 Å². The topological polar surface area (TPSA) is 52.8 Å². The molecule has 0 saturated heterocycles. The summed E-state index contributed by atoms with van der Waals surface area (Å²) >= 11 is 0. The van der Waals surface area contributed by atoms with Crippen LogP contribution in [0.2, 0.25) is 0 Å². The van der Waals surface area contributed by atoms with E-state index in [1.54, 1.807) is 6.21 Å². The van der Waals surface area contributed by atoms with Crippen molar-refractivity contribution in [1.29, 1.82) is 0 Å². The summed E-state index contributed by atoms with van der Waals surface area (Å²) in [6.45, 7) is 19.2. The van der Waals surface area contributed by atoms with Crippen LogP contribution in [0.3, 0.4) is 0 Å². The summed E-state index contributed by atoms with van der Waals surface area (Å²) in [7, 11) is 0. The van der Waals surface area contributed by atoms with Crippen LogP contribution >= 0.6 is 0 Å². The lowest BCUT2D eigenvalue weighted by Gasteiger charge is -2.28. The molecule has 0 aromatic heterocycles. The molecule has 0 aliphatic carbocycles. The second-order valence-electron chi connectivity index (χ2n) is 13.4. The summed E-state index contributed by atoms with van der Waals surface area (Å²) in [4.78, 5) is 4.88. The molecule has 0 aliphatic heterocycles. The van der Waals surface area contributed by atoms with E-state index >= 15 is 0 Å². The van der Waals surface area contributed by atoms with Crippen LogP contribution in [0.25, 0.3) is 11.1 Å². The van der Waals surface area contributed by atoms with Crippen molar-refractivity contribution >= 4 is 11.9 Å². The van der Waals surface area contributed by atoms with Gasteiger partial charge >= 0.3 is 0 Å². The average molecular weight is 534 g/mol. The molecule has 0 unspecified atom stereocenters. The molecule has 3 heteroatoms. The van der Waals surface area contributed by atoms with E-state index in [-0.39, 0.29) is 27.7 Å². The van der Waals surface area contributed by atoms with Gasteiger partial charge in [0.05, 0.1) is 5.69 Å². The van der Waals surface area contributed by atoms with Gasteiger partial charge < -0.3 is 10.2 Å². The summed E-state index contributed by atoms with van der Waals surface area (Å²) in [6, 6.07) is 26.3. The smallest absolute Gasteiger partial charge is 0.128 e. The Morgan fingerprint density at radius 2 is 1.23 bits per heavy atom. The lowest BCUT2D eigenvalue weighted by molar-refractivity contribution is 0.446. The zero-order valence-corrected chi connectivity index (χ0v) is 25.4. The maximum Gasteiger partial charge on any atom is 0.128 e. The van der Waals surface area contributed by atoms with Gasteiger partial charge in [0.2, 0.25) is 0 Å². The van der Waals surface area contributed by atoms with Gasteiger partial charge in [-0.15, -0.1) is 0 Å². The number of para-hydroxylation sites is 1. The largest absolute Gasteiger partial charge is 0.507 e. The van der Waals surface area contributed by atoms with Crippen molar-refractivity contribution in [3.63, 3.8) is 0 Å². The SMILES string of the molecule is Cc1cc(C=Nc2ccccc2-c2cc(C(C)(C)C)cc(C(C)(C)C)c2O)c(O)c(C(C)(C)c2ccccc2)c1. The summed E-state index contributed by atoms with van der Waals surface area (Å²) < 4.78 is 0. The van der Waals surface area contributed by atoms with Crippen molar-refractivity contribution in [1.82, 2.24) is 0 Å². The normalized spacial score (nSPS) is 12.7. The number of aromatic hydroxyl groups is 2. The number of hydrogen-bond acceptors (Lipinski definition) is 3. The van der Waals surface area contributed by atoms with E-state index in [4.69, 9.17) is 4.99 Å². The van der Waals surface area contributed by atoms with Gasteiger partial charge in [-0.05, 0) is 52.6 Å². The van der Waals surface area contributed by atoms with Crippen LogP contribution in [0.1, 0.15) is 88.8 Å². The fourth-order valence-corrected chi connectivity index (χ4v) is 5.19. The van der Waals surface area contributed by atoms with Crippen LogP contribution in [-0.2, 0) is 16.2 Å². The van der Waals surface area contributed by atoms with Crippen LogP contribution in [0.4, 0.5) is 5.69 Å². The van der Waals surface area contributed by atoms with Gasteiger partial charge in [0, 0.05) is 39.4 Å². The van der Waals surface area contributed by atoms with E-state index in [9.17, 15) is 10.2 Å². The van der Waals surface area contributed by atoms with Crippen molar-refractivity contribution in [3.8, 4) is 22.6 Å². The zero-order chi connectivity index (χ0) is 29.5. The van der Waals surface area contributed by atoms with E-state index < -0.39 is 0 Å². The van der Waals surface area contributed by atoms with Gasteiger partial charge in [-0.3, -0.25) is 4.99 Å². The molecule has 4 aromatic rings. The lowest BCUT2D eigenvalue weighted by Crippen LogP contribution is -2.19. The molecule has 3 nitrogen and oxygen atoms in total. The number of nitrogens with zero attached hydrogens (tertiary/aromatic N) is 1. The van der Waals surface area contributed by atoms with Crippen molar-refractivity contribution < 1.29 is 10.2 Å². The lowest BCUT2D eigenvalue weighted by atomic mass is 9.76. The third kappa shape index (κ3) is 5.84. The summed E-state index contributed by atoms with van der Waals surface area (Å²) in [5.41, 5.74) is 7.43. The third-order valence-electron chi connectivity index (χ3n) is 7.77. The number of aryl methyl sites for hydroxylation is 1. The monoisotopic (exact) mass is 533 g/mol. The molecule has 0 aliphatic rings. The minimum atomic E-state index is -0.388. The first-order valence-corrected chi connectivity index (χ1v) is 14.0. The maximum absolute atomic E-state index is 11.5. The van der Waals surface area contributed by atoms with Gasteiger partial charge in [0.15, 0.2) is 0 Å². The van der Waals surface area contributed by atoms with Crippen molar-refractivity contribution in [3.05, 3.63) is 112 Å². The molecule has 0 saturated carbocycles. The fourth-order valence-electron chi connectivity index (χ4n) is 5.19. The van der Waals surface area contributed by atoms with E-state index in [2.05, 4.69) is 85.7 Å². The maximum atomic E-state index is 11.5. The summed E-state index contributed by atoms with van der Waals surface area (Å²) in [5.74, 6) is 0.515. The highest BCUT2D eigenvalue weighted by molar-refractivity contribution is 5.90. The Labute approximate surface area is 240 Å². The first-order valence-electron chi connectivity index (χ1n) is 14.0. The van der Waals surface area contributed by atoms with Gasteiger partial charge in [-0.25, -0.2) is 0 Å². The molecule has 0 bridgehead atoms. The van der Waals surface area contributed by atoms with Crippen LogP contribution in [0, 0.1) is 6.92 Å². The highest BCUT2D eigenvalue weighted by Crippen LogP contribution is 2.45. The van der Waals surface area contributed by atoms with Crippen LogP contribution in [0.15, 0.2) is 83.9 Å². The fraction of sp³-hybridized carbons (Fsp3) is 0.324. The average Bonchev–Trinajstić information content (AvgIpc) is 2.88. The number of phenolic OH excluding ortho intramolecular Hbond substituents is 2. The quantitative estimate of drug-likeness (QED) is 0.251. The summed E-state index contributed by atoms with van der Waals surface area (Å²) in [5, 5.41) is 22.9. The molecule has 0 fully saturated rings. The first-order chi connectivity index (χ1) is 18.6. The molecule has 4 rings (SSSR count). The predicted octanol–water partition coefficient (Wildman–Crippen LogP) is 9.74. The zero-order valence-electron chi connectivity index (χ0n) is 25.4. The number of phenols is 2. The van der Waals surface area contributed by atoms with Crippen LogP contribution in [0.5, 0.6) is 11.5 Å². The van der Waals surface area contributed by atoms with E-state index in [1.807, 2.05) is 55.5 Å². The van der Waals surface area contributed by atoms with E-state index in [1.165, 1.54) is 0 Å². The molecule has 40 heavy (non-hydrogen) atoms. The van der Waals surface area contributed by atoms with Gasteiger partial charge in [-0.1, -0.05) is 116 Å².